The normalized spacial score (nSPS) is 11.2. The number of benzene rings is 1. The minimum atomic E-state index is -0.161. The Morgan fingerprint density at radius 3 is 2.96 bits per heavy atom. The van der Waals surface area contributed by atoms with E-state index in [9.17, 15) is 4.79 Å². The van der Waals surface area contributed by atoms with Crippen LogP contribution in [0, 0.1) is 6.92 Å². The molecule has 132 valence electrons. The van der Waals surface area contributed by atoms with Gasteiger partial charge in [-0.2, -0.15) is 0 Å². The summed E-state index contributed by atoms with van der Waals surface area (Å²) >= 11 is 1.61. The molecular weight excluding hydrogens is 334 g/mol. The molecule has 2 aromatic heterocycles. The van der Waals surface area contributed by atoms with Crippen molar-refractivity contribution in [3.8, 4) is 0 Å². The molecule has 25 heavy (non-hydrogen) atoms. The Labute approximate surface area is 151 Å². The molecule has 0 aliphatic rings. The van der Waals surface area contributed by atoms with Crippen LogP contribution in [-0.2, 0) is 13.5 Å². The van der Waals surface area contributed by atoms with Crippen molar-refractivity contribution < 1.29 is 9.21 Å². The molecule has 1 amide bonds. The molecule has 0 radical (unpaired) electrons. The molecule has 3 rings (SSSR count). The number of fused-ring (bicyclic) bond motifs is 1. The number of carbonyl (C=O) groups is 1. The number of hydrogen-bond acceptors (Lipinski definition) is 4. The van der Waals surface area contributed by atoms with Crippen LogP contribution in [-0.4, -0.2) is 27.8 Å². The standard InChI is InChI=1S/C19H23N3O2S/c1-4-5-14-6-7-16-15(12-14)13(2)17(24-16)18(23)20-9-11-25-19-21-8-10-22(19)3/h6-8,10,12H,4-5,9,11H2,1-3H3,(H,20,23). The van der Waals surface area contributed by atoms with Crippen LogP contribution in [0.3, 0.4) is 0 Å². The van der Waals surface area contributed by atoms with Gasteiger partial charge in [0.15, 0.2) is 10.9 Å². The number of aromatic nitrogens is 2. The fourth-order valence-electron chi connectivity index (χ4n) is 2.81. The average Bonchev–Trinajstić information content (AvgIpc) is 3.16. The molecule has 1 N–H and O–H groups in total. The van der Waals surface area contributed by atoms with E-state index in [4.69, 9.17) is 4.42 Å². The summed E-state index contributed by atoms with van der Waals surface area (Å²) in [6, 6.07) is 6.16. The molecule has 0 bridgehead atoms. The summed E-state index contributed by atoms with van der Waals surface area (Å²) in [6.07, 6.45) is 5.81. The number of hydrogen-bond donors (Lipinski definition) is 1. The maximum atomic E-state index is 12.4. The Kier molecular flexibility index (Phi) is 5.48. The summed E-state index contributed by atoms with van der Waals surface area (Å²) in [5.74, 6) is 1.01. The number of nitrogens with zero attached hydrogens (tertiary/aromatic N) is 2. The zero-order valence-corrected chi connectivity index (χ0v) is 15.7. The van der Waals surface area contributed by atoms with E-state index in [1.165, 1.54) is 5.56 Å². The maximum absolute atomic E-state index is 12.4. The first-order valence-electron chi connectivity index (χ1n) is 8.50. The zero-order chi connectivity index (χ0) is 17.8. The monoisotopic (exact) mass is 357 g/mol. The number of thioether (sulfide) groups is 1. The Bertz CT molecular complexity index is 882. The molecule has 3 aromatic rings. The molecule has 5 nitrogen and oxygen atoms in total. The summed E-state index contributed by atoms with van der Waals surface area (Å²) in [5, 5.41) is 4.90. The number of rotatable bonds is 7. The fourth-order valence-corrected chi connectivity index (χ4v) is 3.59. The van der Waals surface area contributed by atoms with Crippen LogP contribution in [0.1, 0.15) is 35.0 Å². The number of amides is 1. The van der Waals surface area contributed by atoms with Crippen LogP contribution in [0.2, 0.25) is 0 Å². The predicted molar refractivity (Wildman–Crippen MR) is 101 cm³/mol. The first-order chi connectivity index (χ1) is 12.1. The Morgan fingerprint density at radius 2 is 2.24 bits per heavy atom. The van der Waals surface area contributed by atoms with Gasteiger partial charge in [0, 0.05) is 42.7 Å². The lowest BCUT2D eigenvalue weighted by molar-refractivity contribution is 0.0930. The summed E-state index contributed by atoms with van der Waals surface area (Å²) in [7, 11) is 1.96. The van der Waals surface area contributed by atoms with Crippen LogP contribution in [0.15, 0.2) is 40.2 Å². The Morgan fingerprint density at radius 1 is 1.40 bits per heavy atom. The van der Waals surface area contributed by atoms with Gasteiger partial charge in [-0.1, -0.05) is 31.2 Å². The first-order valence-corrected chi connectivity index (χ1v) is 9.49. The van der Waals surface area contributed by atoms with E-state index in [0.717, 1.165) is 40.3 Å². The lowest BCUT2D eigenvalue weighted by Crippen LogP contribution is -2.26. The largest absolute Gasteiger partial charge is 0.451 e. The van der Waals surface area contributed by atoms with Crippen LogP contribution >= 0.6 is 11.8 Å². The van der Waals surface area contributed by atoms with Gasteiger partial charge in [-0.15, -0.1) is 0 Å². The lowest BCUT2D eigenvalue weighted by atomic mass is 10.1. The highest BCUT2D eigenvalue weighted by Gasteiger charge is 2.17. The summed E-state index contributed by atoms with van der Waals surface area (Å²) in [4.78, 5) is 16.7. The van der Waals surface area contributed by atoms with Crippen LogP contribution in [0.5, 0.6) is 0 Å². The number of furan rings is 1. The molecule has 0 saturated heterocycles. The summed E-state index contributed by atoms with van der Waals surface area (Å²) < 4.78 is 7.74. The molecule has 0 spiro atoms. The second-order valence-electron chi connectivity index (χ2n) is 6.06. The van der Waals surface area contributed by atoms with Crippen molar-refractivity contribution >= 4 is 28.6 Å². The number of imidazole rings is 1. The highest BCUT2D eigenvalue weighted by molar-refractivity contribution is 7.99. The number of carbonyl (C=O) groups excluding carboxylic acids is 1. The third-order valence-electron chi connectivity index (χ3n) is 4.14. The summed E-state index contributed by atoms with van der Waals surface area (Å²) in [6.45, 7) is 4.67. The van der Waals surface area contributed by atoms with Gasteiger partial charge in [-0.25, -0.2) is 4.98 Å². The van der Waals surface area contributed by atoms with Crippen molar-refractivity contribution in [2.24, 2.45) is 7.05 Å². The second kappa shape index (κ2) is 7.78. The minimum Gasteiger partial charge on any atom is -0.451 e. The predicted octanol–water partition coefficient (Wildman–Crippen LogP) is 3.95. The zero-order valence-electron chi connectivity index (χ0n) is 14.8. The fraction of sp³-hybridized carbons (Fsp3) is 0.368. The average molecular weight is 357 g/mol. The highest BCUT2D eigenvalue weighted by Crippen LogP contribution is 2.26. The van der Waals surface area contributed by atoms with Crippen molar-refractivity contribution in [1.82, 2.24) is 14.9 Å². The topological polar surface area (TPSA) is 60.1 Å². The van der Waals surface area contributed by atoms with E-state index in [0.29, 0.717) is 12.3 Å². The van der Waals surface area contributed by atoms with Crippen molar-refractivity contribution in [2.45, 2.75) is 31.8 Å². The van der Waals surface area contributed by atoms with Gasteiger partial charge in [0.1, 0.15) is 5.58 Å². The molecule has 1 aromatic carbocycles. The summed E-state index contributed by atoms with van der Waals surface area (Å²) in [5.41, 5.74) is 2.95. The smallest absolute Gasteiger partial charge is 0.287 e. The van der Waals surface area contributed by atoms with E-state index in [2.05, 4.69) is 29.4 Å². The van der Waals surface area contributed by atoms with Crippen molar-refractivity contribution in [2.75, 3.05) is 12.3 Å². The van der Waals surface area contributed by atoms with Crippen LogP contribution in [0.25, 0.3) is 11.0 Å². The molecule has 6 heteroatoms. The van der Waals surface area contributed by atoms with E-state index in [-0.39, 0.29) is 5.91 Å². The minimum absolute atomic E-state index is 0.161. The van der Waals surface area contributed by atoms with Crippen molar-refractivity contribution in [3.05, 3.63) is 47.5 Å². The maximum Gasteiger partial charge on any atom is 0.287 e. The number of nitrogens with one attached hydrogen (secondary N) is 1. The molecule has 0 atom stereocenters. The van der Waals surface area contributed by atoms with Gasteiger partial charge < -0.3 is 14.3 Å². The van der Waals surface area contributed by atoms with Crippen molar-refractivity contribution in [3.63, 3.8) is 0 Å². The van der Waals surface area contributed by atoms with E-state index >= 15 is 0 Å². The van der Waals surface area contributed by atoms with Crippen LogP contribution in [0.4, 0.5) is 0 Å². The third kappa shape index (κ3) is 3.90. The van der Waals surface area contributed by atoms with E-state index < -0.39 is 0 Å². The Hall–Kier alpha value is -2.21. The van der Waals surface area contributed by atoms with Gasteiger partial charge in [0.2, 0.25) is 0 Å². The van der Waals surface area contributed by atoms with Crippen molar-refractivity contribution in [1.29, 1.82) is 0 Å². The van der Waals surface area contributed by atoms with Gasteiger partial charge in [-0.3, -0.25) is 4.79 Å². The molecule has 0 aliphatic heterocycles. The molecule has 2 heterocycles. The molecular formula is C19H23N3O2S. The molecule has 0 aliphatic carbocycles. The molecule has 0 unspecified atom stereocenters. The highest BCUT2D eigenvalue weighted by atomic mass is 32.2. The Balaban J connectivity index is 1.63. The third-order valence-corrected chi connectivity index (χ3v) is 5.20. The van der Waals surface area contributed by atoms with Gasteiger partial charge >= 0.3 is 0 Å². The van der Waals surface area contributed by atoms with Crippen LogP contribution < -0.4 is 5.32 Å². The van der Waals surface area contributed by atoms with E-state index in [1.54, 1.807) is 18.0 Å². The quantitative estimate of drug-likeness (QED) is 0.514. The second-order valence-corrected chi connectivity index (χ2v) is 7.12. The van der Waals surface area contributed by atoms with Gasteiger partial charge in [0.25, 0.3) is 5.91 Å². The van der Waals surface area contributed by atoms with E-state index in [1.807, 2.05) is 30.8 Å². The molecule has 0 fully saturated rings. The number of aryl methyl sites for hydroxylation is 3. The first kappa shape index (κ1) is 17.6. The van der Waals surface area contributed by atoms with Gasteiger partial charge in [0.05, 0.1) is 0 Å². The lowest BCUT2D eigenvalue weighted by Gasteiger charge is -2.04. The van der Waals surface area contributed by atoms with Gasteiger partial charge in [-0.05, 0) is 31.0 Å². The molecule has 0 saturated carbocycles. The SMILES string of the molecule is CCCc1ccc2oc(C(=O)NCCSc3nccn3C)c(C)c2c1.